The van der Waals surface area contributed by atoms with E-state index in [1.807, 2.05) is 56.6 Å². The van der Waals surface area contributed by atoms with Gasteiger partial charge in [0.2, 0.25) is 0 Å². The van der Waals surface area contributed by atoms with Crippen LogP contribution in [0.15, 0.2) is 24.3 Å². The first kappa shape index (κ1) is 33.1. The summed E-state index contributed by atoms with van der Waals surface area (Å²) in [6, 6.07) is 8.85. The minimum atomic E-state index is -1.19. The van der Waals surface area contributed by atoms with Crippen LogP contribution in [0, 0.1) is 27.7 Å². The zero-order valence-corrected chi connectivity index (χ0v) is 29.1. The first-order chi connectivity index (χ1) is 20.3. The molecule has 10 heteroatoms. The molecule has 232 valence electrons. The van der Waals surface area contributed by atoms with Gasteiger partial charge in [-0.05, 0) is 88.4 Å². The summed E-state index contributed by atoms with van der Waals surface area (Å²) in [5, 5.41) is 7.05. The molecule has 0 saturated heterocycles. The molecule has 0 fully saturated rings. The maximum Gasteiger partial charge on any atom is 0.355 e. The number of halogens is 2. The van der Waals surface area contributed by atoms with Crippen LogP contribution in [-0.2, 0) is 22.6 Å². The van der Waals surface area contributed by atoms with Gasteiger partial charge in [-0.25, -0.2) is 9.48 Å². The Kier molecular flexibility index (Phi) is 10.7. The highest BCUT2D eigenvalue weighted by Crippen LogP contribution is 2.40. The van der Waals surface area contributed by atoms with E-state index in [-0.39, 0.29) is 12.6 Å². The van der Waals surface area contributed by atoms with Crippen LogP contribution in [0.25, 0.3) is 22.0 Å². The van der Waals surface area contributed by atoms with Crippen molar-refractivity contribution in [1.82, 2.24) is 14.8 Å². The third-order valence-corrected chi connectivity index (χ3v) is 10.2. The van der Waals surface area contributed by atoms with Gasteiger partial charge in [0, 0.05) is 41.9 Å². The molecule has 0 amide bonds. The van der Waals surface area contributed by atoms with E-state index >= 15 is 0 Å². The van der Waals surface area contributed by atoms with Crippen LogP contribution in [0.3, 0.4) is 0 Å². The number of nitrogens with zero attached hydrogens (tertiary/aromatic N) is 2. The molecule has 0 atom stereocenters. The lowest BCUT2D eigenvalue weighted by atomic mass is 9.98. The van der Waals surface area contributed by atoms with Crippen molar-refractivity contribution in [2.45, 2.75) is 79.9 Å². The Morgan fingerprint density at radius 3 is 2.37 bits per heavy atom. The molecular formula is C33H43Cl2N3O4Si. The molecule has 7 nitrogen and oxygen atoms in total. The smallest absolute Gasteiger partial charge is 0.355 e. The number of aromatic nitrogens is 3. The number of ether oxygens (including phenoxy) is 3. The number of benzene rings is 2. The van der Waals surface area contributed by atoms with Crippen molar-refractivity contribution in [2.24, 2.45) is 0 Å². The third kappa shape index (κ3) is 7.66. The molecule has 0 radical (unpaired) electrons. The van der Waals surface area contributed by atoms with E-state index in [0.29, 0.717) is 43.5 Å². The van der Waals surface area contributed by atoms with Crippen molar-refractivity contribution in [3.05, 3.63) is 68.1 Å². The van der Waals surface area contributed by atoms with Crippen molar-refractivity contribution in [3.63, 3.8) is 0 Å². The predicted octanol–water partition coefficient (Wildman–Crippen LogP) is 9.07. The highest BCUT2D eigenvalue weighted by Gasteiger charge is 2.25. The van der Waals surface area contributed by atoms with Gasteiger partial charge in [0.25, 0.3) is 0 Å². The Balaban J connectivity index is 1.65. The first-order valence-electron chi connectivity index (χ1n) is 14.8. The molecule has 0 aliphatic carbocycles. The number of nitrogens with one attached hydrogen (secondary N) is 1. The fourth-order valence-electron chi connectivity index (χ4n) is 5.32. The second kappa shape index (κ2) is 13.9. The molecule has 43 heavy (non-hydrogen) atoms. The quantitative estimate of drug-likeness (QED) is 0.0893. The van der Waals surface area contributed by atoms with E-state index in [2.05, 4.69) is 24.6 Å². The summed E-state index contributed by atoms with van der Waals surface area (Å²) in [6.45, 7) is 18.6. The second-order valence-corrected chi connectivity index (χ2v) is 18.7. The van der Waals surface area contributed by atoms with Gasteiger partial charge < -0.3 is 19.2 Å². The molecule has 0 bridgehead atoms. The van der Waals surface area contributed by atoms with E-state index in [1.54, 1.807) is 6.92 Å². The highest BCUT2D eigenvalue weighted by molar-refractivity contribution is 6.76. The van der Waals surface area contributed by atoms with Gasteiger partial charge in [0.15, 0.2) is 0 Å². The van der Waals surface area contributed by atoms with Gasteiger partial charge in [-0.1, -0.05) is 48.9 Å². The van der Waals surface area contributed by atoms with Crippen molar-refractivity contribution >= 4 is 48.1 Å². The molecule has 4 rings (SSSR count). The van der Waals surface area contributed by atoms with Gasteiger partial charge in [-0.15, -0.1) is 0 Å². The van der Waals surface area contributed by atoms with E-state index in [4.69, 9.17) is 42.5 Å². The Hall–Kier alpha value is -2.78. The third-order valence-electron chi connectivity index (χ3n) is 7.60. The lowest BCUT2D eigenvalue weighted by Crippen LogP contribution is -2.22. The largest absolute Gasteiger partial charge is 0.494 e. The van der Waals surface area contributed by atoms with Gasteiger partial charge in [0.05, 0.1) is 29.4 Å². The fraction of sp³-hybridized carbons (Fsp3) is 0.455. The molecule has 1 N–H and O–H groups in total. The summed E-state index contributed by atoms with van der Waals surface area (Å²) < 4.78 is 19.4. The minimum absolute atomic E-state index is 0.280. The molecular weight excluding hydrogens is 601 g/mol. The van der Waals surface area contributed by atoms with Crippen molar-refractivity contribution in [2.75, 3.05) is 19.8 Å². The number of rotatable bonds is 13. The van der Waals surface area contributed by atoms with Crippen LogP contribution in [0.2, 0.25) is 35.7 Å². The fourth-order valence-corrected chi connectivity index (χ4v) is 6.44. The lowest BCUT2D eigenvalue weighted by Gasteiger charge is -2.15. The maximum atomic E-state index is 13.1. The number of esters is 1. The number of fused-ring (bicyclic) bond motifs is 1. The van der Waals surface area contributed by atoms with Crippen molar-refractivity contribution in [1.29, 1.82) is 0 Å². The Labute approximate surface area is 265 Å². The Morgan fingerprint density at radius 2 is 1.72 bits per heavy atom. The minimum Gasteiger partial charge on any atom is -0.494 e. The van der Waals surface area contributed by atoms with E-state index < -0.39 is 8.07 Å². The Morgan fingerprint density at radius 1 is 1.02 bits per heavy atom. The van der Waals surface area contributed by atoms with Crippen LogP contribution in [0.4, 0.5) is 0 Å². The van der Waals surface area contributed by atoms with Crippen LogP contribution in [-0.4, -0.2) is 48.6 Å². The van der Waals surface area contributed by atoms with Gasteiger partial charge in [-0.3, -0.25) is 0 Å². The van der Waals surface area contributed by atoms with Crippen LogP contribution in [0.5, 0.6) is 5.75 Å². The summed E-state index contributed by atoms with van der Waals surface area (Å²) >= 11 is 13.2. The molecule has 2 heterocycles. The SMILES string of the molecule is CCOC(=O)c1[nH]c2c(-c3c(C)nn(COCC[Si](C)(C)C)c3C)c(Cl)ccc2c1CCCOc1cc(C)c(Cl)c(C)c1. The predicted molar refractivity (Wildman–Crippen MR) is 179 cm³/mol. The molecule has 2 aromatic carbocycles. The van der Waals surface area contributed by atoms with Crippen LogP contribution >= 0.6 is 23.2 Å². The Bertz CT molecular complexity index is 1600. The monoisotopic (exact) mass is 643 g/mol. The summed E-state index contributed by atoms with van der Waals surface area (Å²) in [4.78, 5) is 16.5. The summed E-state index contributed by atoms with van der Waals surface area (Å²) in [7, 11) is -1.19. The first-order valence-corrected chi connectivity index (χ1v) is 19.3. The molecule has 0 aliphatic rings. The standard InChI is InChI=1S/C33H43Cl2N3O4Si/c1-9-41-33(39)32-25(11-10-14-42-24-17-20(2)30(35)21(3)18-24)26-12-13-27(34)29(31(26)36-32)28-22(4)37-38(23(28)5)19-40-15-16-43(6,7)8/h12-13,17-18,36H,9-11,14-16,19H2,1-8H3. The zero-order chi connectivity index (χ0) is 31.5. The topological polar surface area (TPSA) is 78.4 Å². The van der Waals surface area contributed by atoms with E-state index in [1.165, 1.54) is 0 Å². The number of carbonyl (C=O) groups excluding carboxylic acids is 1. The average molecular weight is 645 g/mol. The van der Waals surface area contributed by atoms with Gasteiger partial charge >= 0.3 is 5.97 Å². The second-order valence-electron chi connectivity index (χ2n) is 12.3. The van der Waals surface area contributed by atoms with Gasteiger partial charge in [0.1, 0.15) is 18.2 Å². The van der Waals surface area contributed by atoms with Crippen molar-refractivity contribution in [3.8, 4) is 16.9 Å². The summed E-state index contributed by atoms with van der Waals surface area (Å²) in [5.74, 6) is 0.394. The zero-order valence-electron chi connectivity index (χ0n) is 26.5. The molecule has 0 unspecified atom stereocenters. The van der Waals surface area contributed by atoms with E-state index in [9.17, 15) is 4.79 Å². The summed E-state index contributed by atoms with van der Waals surface area (Å²) in [6.07, 6.45) is 1.31. The normalized spacial score (nSPS) is 11.9. The van der Waals surface area contributed by atoms with Gasteiger partial charge in [-0.2, -0.15) is 5.10 Å². The molecule has 0 aliphatic heterocycles. The number of aryl methyl sites for hydroxylation is 4. The number of H-pyrrole nitrogens is 1. The molecule has 2 aromatic heterocycles. The highest BCUT2D eigenvalue weighted by atomic mass is 35.5. The number of carbonyl (C=O) groups is 1. The number of hydrogen-bond acceptors (Lipinski definition) is 5. The van der Waals surface area contributed by atoms with Crippen LogP contribution in [0.1, 0.15) is 51.9 Å². The molecule has 0 spiro atoms. The van der Waals surface area contributed by atoms with Crippen molar-refractivity contribution < 1.29 is 19.0 Å². The number of hydrogen-bond donors (Lipinski definition) is 1. The molecule has 0 saturated carbocycles. The summed E-state index contributed by atoms with van der Waals surface area (Å²) in [5.41, 5.74) is 7.63. The maximum absolute atomic E-state index is 13.1. The van der Waals surface area contributed by atoms with Crippen LogP contribution < -0.4 is 4.74 Å². The number of aromatic amines is 1. The molecule has 4 aromatic rings. The lowest BCUT2D eigenvalue weighted by molar-refractivity contribution is 0.0519. The average Bonchev–Trinajstić information content (AvgIpc) is 3.43. The van der Waals surface area contributed by atoms with E-state index in [0.717, 1.165) is 66.9 Å².